The van der Waals surface area contributed by atoms with Crippen LogP contribution in [-0.4, -0.2) is 20.6 Å². The Labute approximate surface area is 173 Å². The molecule has 3 rings (SSSR count). The number of aryl methyl sites for hydroxylation is 1. The summed E-state index contributed by atoms with van der Waals surface area (Å²) < 4.78 is 29.8. The van der Waals surface area contributed by atoms with Crippen molar-refractivity contribution < 1.29 is 17.9 Å². The van der Waals surface area contributed by atoms with E-state index in [9.17, 15) is 13.2 Å². The van der Waals surface area contributed by atoms with Gasteiger partial charge in [-0.05, 0) is 61.0 Å². The van der Waals surface area contributed by atoms with Gasteiger partial charge in [0.2, 0.25) is 0 Å². The highest BCUT2D eigenvalue weighted by Crippen LogP contribution is 2.16. The predicted molar refractivity (Wildman–Crippen MR) is 112 cm³/mol. The highest BCUT2D eigenvalue weighted by Gasteiger charge is 2.12. The van der Waals surface area contributed by atoms with Crippen LogP contribution in [0.4, 0.5) is 0 Å². The third-order valence-corrected chi connectivity index (χ3v) is 5.36. The molecule has 0 saturated heterocycles. The van der Waals surface area contributed by atoms with E-state index in [0.717, 1.165) is 5.56 Å². The number of sulfonamides is 1. The fraction of sp³-hybridized carbons (Fsp3) is 0.0476. The van der Waals surface area contributed by atoms with Crippen molar-refractivity contribution in [3.05, 3.63) is 94.5 Å². The maximum Gasteiger partial charge on any atom is 0.343 e. The summed E-state index contributed by atoms with van der Waals surface area (Å²) in [5.41, 5.74) is 1.87. The van der Waals surface area contributed by atoms with Gasteiger partial charge in [-0.2, -0.15) is 13.5 Å². The zero-order valence-electron chi connectivity index (χ0n) is 15.4. The van der Waals surface area contributed by atoms with E-state index in [1.807, 2.05) is 6.92 Å². The number of hydrazone groups is 1. The van der Waals surface area contributed by atoms with Crippen molar-refractivity contribution in [3.8, 4) is 5.75 Å². The van der Waals surface area contributed by atoms with E-state index in [0.29, 0.717) is 21.9 Å². The van der Waals surface area contributed by atoms with Gasteiger partial charge in [-0.15, -0.1) is 0 Å². The van der Waals surface area contributed by atoms with Crippen LogP contribution in [0.3, 0.4) is 0 Å². The highest BCUT2D eigenvalue weighted by atomic mass is 35.5. The summed E-state index contributed by atoms with van der Waals surface area (Å²) in [6, 6.07) is 19.3. The summed E-state index contributed by atoms with van der Waals surface area (Å²) in [6.07, 6.45) is 1.32. The van der Waals surface area contributed by atoms with Crippen molar-refractivity contribution in [3.63, 3.8) is 0 Å². The number of esters is 1. The van der Waals surface area contributed by atoms with Gasteiger partial charge < -0.3 is 4.74 Å². The van der Waals surface area contributed by atoms with E-state index in [4.69, 9.17) is 16.3 Å². The number of hydrogen-bond donors (Lipinski definition) is 1. The third-order valence-electron chi connectivity index (χ3n) is 3.87. The standard InChI is InChI=1S/C21H17ClN2O4S/c1-15-5-11-20(12-6-15)29(26,27)24-23-14-16-3-2-4-19(13-16)28-21(25)17-7-9-18(22)10-8-17/h2-14,24H,1H3/b23-14+. The number of nitrogens with zero attached hydrogens (tertiary/aromatic N) is 1. The van der Waals surface area contributed by atoms with Crippen molar-refractivity contribution in [2.75, 3.05) is 0 Å². The Balaban J connectivity index is 1.67. The quantitative estimate of drug-likeness (QED) is 0.276. The summed E-state index contributed by atoms with van der Waals surface area (Å²) in [7, 11) is -3.76. The minimum atomic E-state index is -3.76. The average molecular weight is 429 g/mol. The zero-order chi connectivity index (χ0) is 20.9. The molecule has 0 saturated carbocycles. The average Bonchev–Trinajstić information content (AvgIpc) is 2.69. The second kappa shape index (κ2) is 8.89. The number of carbonyl (C=O) groups excluding carboxylic acids is 1. The number of hydrogen-bond acceptors (Lipinski definition) is 5. The molecule has 29 heavy (non-hydrogen) atoms. The largest absolute Gasteiger partial charge is 0.423 e. The summed E-state index contributed by atoms with van der Waals surface area (Å²) >= 11 is 5.81. The molecule has 0 aromatic heterocycles. The van der Waals surface area contributed by atoms with Crippen molar-refractivity contribution in [1.82, 2.24) is 4.83 Å². The Kier molecular flexibility index (Phi) is 6.31. The summed E-state index contributed by atoms with van der Waals surface area (Å²) in [4.78, 5) is 14.4. The summed E-state index contributed by atoms with van der Waals surface area (Å²) in [6.45, 7) is 1.87. The molecule has 1 N–H and O–H groups in total. The highest BCUT2D eigenvalue weighted by molar-refractivity contribution is 7.89. The first-order valence-electron chi connectivity index (χ1n) is 8.53. The molecular weight excluding hydrogens is 412 g/mol. The van der Waals surface area contributed by atoms with E-state index in [1.54, 1.807) is 60.7 Å². The van der Waals surface area contributed by atoms with Crippen molar-refractivity contribution in [1.29, 1.82) is 0 Å². The van der Waals surface area contributed by atoms with Gasteiger partial charge in [0.05, 0.1) is 16.7 Å². The molecule has 0 aliphatic carbocycles. The van der Waals surface area contributed by atoms with Gasteiger partial charge in [0.15, 0.2) is 0 Å². The van der Waals surface area contributed by atoms with Crippen LogP contribution in [0.25, 0.3) is 0 Å². The first kappa shape index (κ1) is 20.6. The van der Waals surface area contributed by atoms with Gasteiger partial charge in [-0.25, -0.2) is 9.63 Å². The molecule has 0 radical (unpaired) electrons. The van der Waals surface area contributed by atoms with Crippen LogP contribution < -0.4 is 9.57 Å². The second-order valence-corrected chi connectivity index (χ2v) is 8.23. The molecule has 148 valence electrons. The number of carbonyl (C=O) groups is 1. The van der Waals surface area contributed by atoms with Crippen LogP contribution in [0.2, 0.25) is 5.02 Å². The lowest BCUT2D eigenvalue weighted by Gasteiger charge is -2.06. The van der Waals surface area contributed by atoms with E-state index < -0.39 is 16.0 Å². The fourth-order valence-corrected chi connectivity index (χ4v) is 3.27. The van der Waals surface area contributed by atoms with Gasteiger partial charge in [-0.1, -0.05) is 41.4 Å². The van der Waals surface area contributed by atoms with Crippen LogP contribution >= 0.6 is 11.6 Å². The fourth-order valence-electron chi connectivity index (χ4n) is 2.35. The number of ether oxygens (including phenoxy) is 1. The molecule has 3 aromatic rings. The van der Waals surface area contributed by atoms with Gasteiger partial charge in [0.1, 0.15) is 5.75 Å². The van der Waals surface area contributed by atoms with Crippen molar-refractivity contribution in [2.45, 2.75) is 11.8 Å². The van der Waals surface area contributed by atoms with Crippen molar-refractivity contribution in [2.24, 2.45) is 5.10 Å². The molecule has 0 unspecified atom stereocenters. The SMILES string of the molecule is Cc1ccc(S(=O)(=O)N/N=C/c2cccc(OC(=O)c3ccc(Cl)cc3)c2)cc1. The van der Waals surface area contributed by atoms with Crippen LogP contribution in [0.1, 0.15) is 21.5 Å². The lowest BCUT2D eigenvalue weighted by Crippen LogP contribution is -2.18. The molecule has 6 nitrogen and oxygen atoms in total. The molecule has 3 aromatic carbocycles. The number of nitrogens with one attached hydrogen (secondary N) is 1. The van der Waals surface area contributed by atoms with E-state index in [2.05, 4.69) is 9.93 Å². The summed E-state index contributed by atoms with van der Waals surface area (Å²) in [5.74, 6) is -0.230. The molecule has 8 heteroatoms. The first-order chi connectivity index (χ1) is 13.8. The Hall–Kier alpha value is -3.16. The van der Waals surface area contributed by atoms with Gasteiger partial charge in [0, 0.05) is 5.02 Å². The van der Waals surface area contributed by atoms with Gasteiger partial charge in [-0.3, -0.25) is 0 Å². The van der Waals surface area contributed by atoms with Gasteiger partial charge in [0.25, 0.3) is 10.0 Å². The molecule has 0 spiro atoms. The summed E-state index contributed by atoms with van der Waals surface area (Å²) in [5, 5.41) is 4.30. The van der Waals surface area contributed by atoms with Crippen LogP contribution in [0, 0.1) is 6.92 Å². The normalized spacial score (nSPS) is 11.4. The molecule has 0 aliphatic rings. The minimum Gasteiger partial charge on any atom is -0.423 e. The Morgan fingerprint density at radius 2 is 1.72 bits per heavy atom. The van der Waals surface area contributed by atoms with Crippen LogP contribution in [0.15, 0.2) is 82.8 Å². The van der Waals surface area contributed by atoms with Crippen molar-refractivity contribution >= 4 is 33.8 Å². The van der Waals surface area contributed by atoms with Crippen LogP contribution in [0.5, 0.6) is 5.75 Å². The molecule has 0 heterocycles. The lowest BCUT2D eigenvalue weighted by molar-refractivity contribution is 0.0735. The molecular formula is C21H17ClN2O4S. The molecule has 0 atom stereocenters. The predicted octanol–water partition coefficient (Wildman–Crippen LogP) is 4.18. The van der Waals surface area contributed by atoms with Gasteiger partial charge >= 0.3 is 5.97 Å². The molecule has 0 amide bonds. The number of benzene rings is 3. The Morgan fingerprint density at radius 3 is 2.41 bits per heavy atom. The maximum atomic E-state index is 12.2. The van der Waals surface area contributed by atoms with E-state index >= 15 is 0 Å². The molecule has 0 bridgehead atoms. The lowest BCUT2D eigenvalue weighted by atomic mass is 10.2. The number of halogens is 1. The van der Waals surface area contributed by atoms with E-state index in [-0.39, 0.29) is 4.90 Å². The topological polar surface area (TPSA) is 84.8 Å². The zero-order valence-corrected chi connectivity index (χ0v) is 16.9. The Morgan fingerprint density at radius 1 is 1.03 bits per heavy atom. The minimum absolute atomic E-state index is 0.117. The monoisotopic (exact) mass is 428 g/mol. The van der Waals surface area contributed by atoms with E-state index in [1.165, 1.54) is 18.3 Å². The number of rotatable bonds is 6. The molecule has 0 fully saturated rings. The first-order valence-corrected chi connectivity index (χ1v) is 10.4. The van der Waals surface area contributed by atoms with Crippen LogP contribution in [-0.2, 0) is 10.0 Å². The smallest absolute Gasteiger partial charge is 0.343 e. The molecule has 0 aliphatic heterocycles. The Bertz CT molecular complexity index is 1140. The second-order valence-electron chi connectivity index (χ2n) is 6.13. The third kappa shape index (κ3) is 5.66. The maximum absolute atomic E-state index is 12.2.